The molecule has 4 nitrogen and oxygen atoms in total. The number of benzene rings is 1. The molecule has 1 aromatic rings. The molecule has 0 aromatic heterocycles. The third-order valence-corrected chi connectivity index (χ3v) is 2.56. The fourth-order valence-corrected chi connectivity index (χ4v) is 1.62. The summed E-state index contributed by atoms with van der Waals surface area (Å²) in [6.07, 6.45) is 2.79. The fraction of sp³-hybridized carbons (Fsp3) is 0.357. The van der Waals surface area contributed by atoms with E-state index in [-0.39, 0.29) is 5.78 Å². The zero-order valence-electron chi connectivity index (χ0n) is 11.0. The second-order valence-electron chi connectivity index (χ2n) is 3.66. The summed E-state index contributed by atoms with van der Waals surface area (Å²) in [5, 5.41) is 0. The monoisotopic (exact) mass is 250 g/mol. The van der Waals surface area contributed by atoms with Gasteiger partial charge in [0.05, 0.1) is 21.3 Å². The third kappa shape index (κ3) is 3.03. The summed E-state index contributed by atoms with van der Waals surface area (Å²) in [6.45, 7) is 3.60. The zero-order valence-corrected chi connectivity index (χ0v) is 11.0. The van der Waals surface area contributed by atoms with Gasteiger partial charge < -0.3 is 14.2 Å². The smallest absolute Gasteiger partial charge is 0.203 e. The minimum absolute atomic E-state index is 0.0224. The number of hydrogen-bond donors (Lipinski definition) is 0. The van der Waals surface area contributed by atoms with Crippen LogP contribution in [0.4, 0.5) is 0 Å². The molecule has 0 bridgehead atoms. The lowest BCUT2D eigenvalue weighted by Crippen LogP contribution is -2.02. The first kappa shape index (κ1) is 14.1. The first-order valence-electron chi connectivity index (χ1n) is 5.62. The molecule has 1 aromatic carbocycles. The van der Waals surface area contributed by atoms with Gasteiger partial charge in [0.2, 0.25) is 5.75 Å². The van der Waals surface area contributed by atoms with Gasteiger partial charge in [-0.05, 0) is 18.6 Å². The van der Waals surface area contributed by atoms with E-state index in [0.717, 1.165) is 0 Å². The fourth-order valence-electron chi connectivity index (χ4n) is 1.62. The van der Waals surface area contributed by atoms with Gasteiger partial charge in [-0.3, -0.25) is 4.79 Å². The van der Waals surface area contributed by atoms with Crippen molar-refractivity contribution < 1.29 is 19.0 Å². The molecule has 18 heavy (non-hydrogen) atoms. The Labute approximate surface area is 107 Å². The second kappa shape index (κ2) is 6.69. The molecular formula is C14H18O4. The predicted octanol–water partition coefficient (Wildman–Crippen LogP) is 2.86. The lowest BCUT2D eigenvalue weighted by atomic mass is 10.1. The van der Waals surface area contributed by atoms with Crippen molar-refractivity contribution in [3.05, 3.63) is 30.4 Å². The van der Waals surface area contributed by atoms with E-state index in [1.807, 2.05) is 0 Å². The summed E-state index contributed by atoms with van der Waals surface area (Å²) < 4.78 is 15.6. The first-order chi connectivity index (χ1) is 8.67. The maximum Gasteiger partial charge on any atom is 0.203 e. The highest BCUT2D eigenvalue weighted by atomic mass is 16.5. The van der Waals surface area contributed by atoms with E-state index < -0.39 is 0 Å². The van der Waals surface area contributed by atoms with Crippen molar-refractivity contribution in [1.82, 2.24) is 0 Å². The van der Waals surface area contributed by atoms with Crippen molar-refractivity contribution in [1.29, 1.82) is 0 Å². The van der Waals surface area contributed by atoms with Gasteiger partial charge in [0.1, 0.15) is 0 Å². The molecule has 0 saturated carbocycles. The number of ether oxygens (including phenoxy) is 3. The molecule has 0 radical (unpaired) electrons. The standard InChI is InChI=1S/C14H18O4/c1-5-6-7-11(15)10-8-12(16-2)14(18-4)13(9-10)17-3/h5,8-9H,1,6-7H2,2-4H3. The van der Waals surface area contributed by atoms with E-state index in [1.54, 1.807) is 18.2 Å². The maximum absolute atomic E-state index is 11.9. The van der Waals surface area contributed by atoms with Gasteiger partial charge in [-0.1, -0.05) is 6.08 Å². The van der Waals surface area contributed by atoms with Gasteiger partial charge in [0.25, 0.3) is 0 Å². The molecule has 0 heterocycles. The number of allylic oxidation sites excluding steroid dienone is 1. The van der Waals surface area contributed by atoms with Crippen LogP contribution in [0.5, 0.6) is 17.2 Å². The SMILES string of the molecule is C=CCCC(=O)c1cc(OC)c(OC)c(OC)c1. The van der Waals surface area contributed by atoms with Crippen LogP contribution in [0.1, 0.15) is 23.2 Å². The molecule has 1 rings (SSSR count). The van der Waals surface area contributed by atoms with Gasteiger partial charge in [0, 0.05) is 12.0 Å². The number of Topliss-reactive ketones (excluding diaryl/α,β-unsaturated/α-hetero) is 1. The summed E-state index contributed by atoms with van der Waals surface area (Å²) in [6, 6.07) is 3.32. The Morgan fingerprint density at radius 3 is 2.11 bits per heavy atom. The summed E-state index contributed by atoms with van der Waals surface area (Å²) in [5.74, 6) is 1.48. The second-order valence-corrected chi connectivity index (χ2v) is 3.66. The Balaban J connectivity index is 3.14. The average Bonchev–Trinajstić information content (AvgIpc) is 2.42. The molecule has 0 spiro atoms. The Morgan fingerprint density at radius 2 is 1.72 bits per heavy atom. The Hall–Kier alpha value is -1.97. The summed E-state index contributed by atoms with van der Waals surface area (Å²) in [5.41, 5.74) is 0.548. The number of methoxy groups -OCH3 is 3. The molecule has 0 aliphatic rings. The van der Waals surface area contributed by atoms with E-state index in [4.69, 9.17) is 14.2 Å². The van der Waals surface area contributed by atoms with Crippen molar-refractivity contribution in [3.63, 3.8) is 0 Å². The van der Waals surface area contributed by atoms with Crippen LogP contribution in [-0.4, -0.2) is 27.1 Å². The van der Waals surface area contributed by atoms with E-state index in [9.17, 15) is 4.79 Å². The lowest BCUT2D eigenvalue weighted by molar-refractivity contribution is 0.0983. The Bertz CT molecular complexity index is 412. The van der Waals surface area contributed by atoms with Crippen LogP contribution in [0, 0.1) is 0 Å². The van der Waals surface area contributed by atoms with Crippen LogP contribution in [0.2, 0.25) is 0 Å². The quantitative estimate of drug-likeness (QED) is 0.551. The molecule has 0 amide bonds. The number of ketones is 1. The minimum Gasteiger partial charge on any atom is -0.493 e. The Kier molecular flexibility index (Phi) is 5.24. The van der Waals surface area contributed by atoms with E-state index in [0.29, 0.717) is 35.7 Å². The predicted molar refractivity (Wildman–Crippen MR) is 69.9 cm³/mol. The first-order valence-corrected chi connectivity index (χ1v) is 5.62. The van der Waals surface area contributed by atoms with E-state index >= 15 is 0 Å². The average molecular weight is 250 g/mol. The largest absolute Gasteiger partial charge is 0.493 e. The highest BCUT2D eigenvalue weighted by molar-refractivity contribution is 5.97. The highest BCUT2D eigenvalue weighted by Crippen LogP contribution is 2.38. The summed E-state index contributed by atoms with van der Waals surface area (Å²) in [7, 11) is 4.57. The highest BCUT2D eigenvalue weighted by Gasteiger charge is 2.16. The normalized spacial score (nSPS) is 9.72. The molecule has 0 saturated heterocycles. The number of carbonyl (C=O) groups excluding carboxylic acids is 1. The van der Waals surface area contributed by atoms with Crippen molar-refractivity contribution in [2.45, 2.75) is 12.8 Å². The van der Waals surface area contributed by atoms with Gasteiger partial charge in [0.15, 0.2) is 17.3 Å². The van der Waals surface area contributed by atoms with E-state index in [2.05, 4.69) is 6.58 Å². The third-order valence-electron chi connectivity index (χ3n) is 2.56. The molecule has 0 fully saturated rings. The molecule has 0 unspecified atom stereocenters. The van der Waals surface area contributed by atoms with Crippen LogP contribution in [0.25, 0.3) is 0 Å². The molecule has 98 valence electrons. The van der Waals surface area contributed by atoms with Crippen molar-refractivity contribution in [2.24, 2.45) is 0 Å². The summed E-state index contributed by atoms with van der Waals surface area (Å²) >= 11 is 0. The maximum atomic E-state index is 11.9. The van der Waals surface area contributed by atoms with Gasteiger partial charge in [-0.15, -0.1) is 6.58 Å². The van der Waals surface area contributed by atoms with Crippen LogP contribution in [0.3, 0.4) is 0 Å². The van der Waals surface area contributed by atoms with Gasteiger partial charge in [-0.2, -0.15) is 0 Å². The molecule has 0 atom stereocenters. The van der Waals surface area contributed by atoms with Crippen LogP contribution < -0.4 is 14.2 Å². The number of carbonyl (C=O) groups is 1. The topological polar surface area (TPSA) is 44.8 Å². The van der Waals surface area contributed by atoms with E-state index in [1.165, 1.54) is 21.3 Å². The zero-order chi connectivity index (χ0) is 13.5. The lowest BCUT2D eigenvalue weighted by Gasteiger charge is -2.13. The van der Waals surface area contributed by atoms with Crippen LogP contribution >= 0.6 is 0 Å². The molecule has 0 N–H and O–H groups in total. The molecular weight excluding hydrogens is 232 g/mol. The number of hydrogen-bond acceptors (Lipinski definition) is 4. The Morgan fingerprint density at radius 1 is 1.17 bits per heavy atom. The molecule has 4 heteroatoms. The van der Waals surface area contributed by atoms with Crippen LogP contribution in [0.15, 0.2) is 24.8 Å². The summed E-state index contributed by atoms with van der Waals surface area (Å²) in [4.78, 5) is 11.9. The van der Waals surface area contributed by atoms with Gasteiger partial charge >= 0.3 is 0 Å². The van der Waals surface area contributed by atoms with Crippen molar-refractivity contribution in [2.75, 3.05) is 21.3 Å². The minimum atomic E-state index is 0.0224. The van der Waals surface area contributed by atoms with Gasteiger partial charge in [-0.25, -0.2) is 0 Å². The molecule has 0 aliphatic carbocycles. The number of rotatable bonds is 7. The van der Waals surface area contributed by atoms with Crippen molar-refractivity contribution >= 4 is 5.78 Å². The molecule has 0 aliphatic heterocycles. The van der Waals surface area contributed by atoms with Crippen LogP contribution in [-0.2, 0) is 0 Å². The van der Waals surface area contributed by atoms with Crippen molar-refractivity contribution in [3.8, 4) is 17.2 Å².